The summed E-state index contributed by atoms with van der Waals surface area (Å²) in [5, 5.41) is 0.237. The van der Waals surface area contributed by atoms with E-state index in [1.54, 1.807) is 6.26 Å². The minimum absolute atomic E-state index is 0.237. The molecule has 0 radical (unpaired) electrons. The molecule has 16 heavy (non-hydrogen) atoms. The molecular formula is C12H16O3S. The Balaban J connectivity index is 2.13. The van der Waals surface area contributed by atoms with Crippen LogP contribution in [0.25, 0.3) is 0 Å². The molecule has 0 bridgehead atoms. The van der Waals surface area contributed by atoms with Gasteiger partial charge in [-0.3, -0.25) is 4.21 Å². The van der Waals surface area contributed by atoms with Crippen LogP contribution in [0.3, 0.4) is 0 Å². The molecule has 4 heteroatoms. The lowest BCUT2D eigenvalue weighted by Crippen LogP contribution is -2.15. The van der Waals surface area contributed by atoms with E-state index >= 15 is 0 Å². The largest absolute Gasteiger partial charge is 0.337 e. The van der Waals surface area contributed by atoms with Gasteiger partial charge < -0.3 is 4.89 Å². The Morgan fingerprint density at radius 2 is 2.31 bits per heavy atom. The van der Waals surface area contributed by atoms with Gasteiger partial charge in [-0.15, -0.1) is 0 Å². The average Bonchev–Trinajstić information content (AvgIpc) is 2.72. The third-order valence-corrected chi connectivity index (χ3v) is 4.31. The Bertz CT molecular complexity index is 403. The maximum atomic E-state index is 11.5. The second-order valence-corrected chi connectivity index (χ2v) is 5.68. The van der Waals surface area contributed by atoms with Crippen molar-refractivity contribution in [3.8, 4) is 5.75 Å². The first-order valence-electron chi connectivity index (χ1n) is 5.44. The zero-order valence-electron chi connectivity index (χ0n) is 9.56. The van der Waals surface area contributed by atoms with Gasteiger partial charge in [-0.05, 0) is 30.5 Å². The van der Waals surface area contributed by atoms with Crippen LogP contribution >= 0.6 is 0 Å². The second kappa shape index (κ2) is 4.97. The van der Waals surface area contributed by atoms with Crippen LogP contribution in [0.4, 0.5) is 0 Å². The van der Waals surface area contributed by atoms with E-state index in [1.807, 2.05) is 12.1 Å². The fourth-order valence-electron chi connectivity index (χ4n) is 1.87. The van der Waals surface area contributed by atoms with Crippen LogP contribution in [0.2, 0.25) is 0 Å². The van der Waals surface area contributed by atoms with Gasteiger partial charge in [0.1, 0.15) is 6.61 Å². The minimum Gasteiger partial charge on any atom is -0.337 e. The van der Waals surface area contributed by atoms with Crippen molar-refractivity contribution >= 4 is 10.8 Å². The molecule has 0 saturated heterocycles. The Kier molecular flexibility index (Phi) is 3.61. The number of fused-ring (bicyclic) bond motifs is 1. The van der Waals surface area contributed by atoms with Crippen molar-refractivity contribution in [1.29, 1.82) is 0 Å². The van der Waals surface area contributed by atoms with Gasteiger partial charge in [-0.1, -0.05) is 13.0 Å². The number of hydrogen-bond donors (Lipinski definition) is 0. The summed E-state index contributed by atoms with van der Waals surface area (Å²) in [6.45, 7) is 2.58. The summed E-state index contributed by atoms with van der Waals surface area (Å²) < 4.78 is 11.5. The fraction of sp³-hybridized carbons (Fsp3) is 0.500. The molecule has 1 aliphatic heterocycles. The van der Waals surface area contributed by atoms with Crippen molar-refractivity contribution in [2.75, 3.05) is 6.26 Å². The smallest absolute Gasteiger partial charge is 0.171 e. The molecule has 0 aromatic heterocycles. The van der Waals surface area contributed by atoms with Crippen molar-refractivity contribution in [3.05, 3.63) is 29.3 Å². The Morgan fingerprint density at radius 3 is 3.00 bits per heavy atom. The molecule has 3 nitrogen and oxygen atoms in total. The third-order valence-electron chi connectivity index (χ3n) is 2.88. The van der Waals surface area contributed by atoms with Crippen molar-refractivity contribution in [2.24, 2.45) is 0 Å². The summed E-state index contributed by atoms with van der Waals surface area (Å²) in [4.78, 5) is 9.86. The van der Waals surface area contributed by atoms with Crippen LogP contribution in [0, 0.1) is 0 Å². The molecule has 2 unspecified atom stereocenters. The third kappa shape index (κ3) is 2.44. The summed E-state index contributed by atoms with van der Waals surface area (Å²) in [5.41, 5.74) is 2.28. The molecule has 2 atom stereocenters. The van der Waals surface area contributed by atoms with Gasteiger partial charge in [0, 0.05) is 27.9 Å². The average molecular weight is 240 g/mol. The molecule has 1 aromatic carbocycles. The van der Waals surface area contributed by atoms with E-state index in [1.165, 1.54) is 5.56 Å². The SMILES string of the molecule is CCC(Cc1ccc2c(c1)COO2)S(C)=O. The highest BCUT2D eigenvalue weighted by Crippen LogP contribution is 2.27. The van der Waals surface area contributed by atoms with Crippen LogP contribution in [0.5, 0.6) is 5.75 Å². The molecule has 0 N–H and O–H groups in total. The van der Waals surface area contributed by atoms with E-state index in [-0.39, 0.29) is 5.25 Å². The summed E-state index contributed by atoms with van der Waals surface area (Å²) in [6, 6.07) is 6.02. The predicted molar refractivity (Wildman–Crippen MR) is 63.7 cm³/mol. The molecule has 1 aromatic rings. The van der Waals surface area contributed by atoms with Crippen molar-refractivity contribution in [3.63, 3.8) is 0 Å². The van der Waals surface area contributed by atoms with Gasteiger partial charge in [-0.25, -0.2) is 0 Å². The minimum atomic E-state index is -0.765. The van der Waals surface area contributed by atoms with E-state index in [9.17, 15) is 4.21 Å². The van der Waals surface area contributed by atoms with Crippen LogP contribution in [0.15, 0.2) is 18.2 Å². The lowest BCUT2D eigenvalue weighted by atomic mass is 10.0. The second-order valence-electron chi connectivity index (χ2n) is 4.02. The van der Waals surface area contributed by atoms with E-state index in [2.05, 4.69) is 13.0 Å². The standard InChI is InChI=1S/C12H16O3S/c1-3-11(16(2)13)7-9-4-5-12-10(6-9)8-14-15-12/h4-6,11H,3,7-8H2,1-2H3. The molecule has 88 valence electrons. The Hall–Kier alpha value is -0.870. The van der Waals surface area contributed by atoms with E-state index < -0.39 is 10.8 Å². The normalized spacial score (nSPS) is 17.6. The molecule has 1 heterocycles. The first-order valence-corrected chi connectivity index (χ1v) is 7.06. The van der Waals surface area contributed by atoms with Crippen LogP contribution < -0.4 is 4.89 Å². The zero-order valence-corrected chi connectivity index (χ0v) is 10.4. The van der Waals surface area contributed by atoms with Gasteiger partial charge >= 0.3 is 0 Å². The van der Waals surface area contributed by atoms with Crippen molar-refractivity contribution in [2.45, 2.75) is 31.6 Å². The van der Waals surface area contributed by atoms with Gasteiger partial charge in [0.25, 0.3) is 0 Å². The summed E-state index contributed by atoms with van der Waals surface area (Å²) in [5.74, 6) is 0.800. The van der Waals surface area contributed by atoms with E-state index in [4.69, 9.17) is 9.78 Å². The molecule has 0 amide bonds. The first-order chi connectivity index (χ1) is 7.70. The molecule has 0 aliphatic carbocycles. The van der Waals surface area contributed by atoms with Gasteiger partial charge in [0.2, 0.25) is 0 Å². The topological polar surface area (TPSA) is 35.5 Å². The molecule has 0 saturated carbocycles. The van der Waals surface area contributed by atoms with E-state index in [0.29, 0.717) is 6.61 Å². The maximum absolute atomic E-state index is 11.5. The highest BCUT2D eigenvalue weighted by molar-refractivity contribution is 7.84. The highest BCUT2D eigenvalue weighted by Gasteiger charge is 2.16. The molecular weight excluding hydrogens is 224 g/mol. The quantitative estimate of drug-likeness (QED) is 0.757. The lowest BCUT2D eigenvalue weighted by Gasteiger charge is -2.11. The van der Waals surface area contributed by atoms with Gasteiger partial charge in [0.05, 0.1) is 0 Å². The molecule has 2 rings (SSSR count). The van der Waals surface area contributed by atoms with Gasteiger partial charge in [-0.2, -0.15) is 4.89 Å². The highest BCUT2D eigenvalue weighted by atomic mass is 32.2. The molecule has 0 spiro atoms. The molecule has 0 fully saturated rings. The summed E-state index contributed by atoms with van der Waals surface area (Å²) >= 11 is 0. The number of rotatable bonds is 4. The predicted octanol–water partition coefficient (Wildman–Crippen LogP) is 2.21. The lowest BCUT2D eigenvalue weighted by molar-refractivity contribution is -0.194. The Labute approximate surface area is 98.1 Å². The maximum Gasteiger partial charge on any atom is 0.171 e. The van der Waals surface area contributed by atoms with Crippen LogP contribution in [0.1, 0.15) is 24.5 Å². The van der Waals surface area contributed by atoms with Crippen molar-refractivity contribution < 1.29 is 14.0 Å². The summed E-state index contributed by atoms with van der Waals surface area (Å²) in [6.07, 6.45) is 3.56. The fourth-order valence-corrected chi connectivity index (χ4v) is 2.77. The van der Waals surface area contributed by atoms with Crippen LogP contribution in [-0.2, 0) is 28.7 Å². The van der Waals surface area contributed by atoms with Crippen LogP contribution in [-0.4, -0.2) is 15.7 Å². The monoisotopic (exact) mass is 240 g/mol. The number of hydrogen-bond acceptors (Lipinski definition) is 3. The zero-order chi connectivity index (χ0) is 11.5. The van der Waals surface area contributed by atoms with Crippen molar-refractivity contribution in [1.82, 2.24) is 0 Å². The van der Waals surface area contributed by atoms with Gasteiger partial charge in [0.15, 0.2) is 5.75 Å². The van der Waals surface area contributed by atoms with E-state index in [0.717, 1.165) is 24.2 Å². The Morgan fingerprint density at radius 1 is 1.50 bits per heavy atom. The summed E-state index contributed by atoms with van der Waals surface area (Å²) in [7, 11) is -0.765. The first kappa shape index (κ1) is 11.6. The molecule has 1 aliphatic rings. The number of benzene rings is 1.